The molecular formula is C17H26N4OS. The van der Waals surface area contributed by atoms with Crippen LogP contribution in [0.4, 0.5) is 0 Å². The minimum absolute atomic E-state index is 0.470. The summed E-state index contributed by atoms with van der Waals surface area (Å²) in [5.41, 5.74) is 1.30. The third-order valence-corrected chi connectivity index (χ3v) is 5.36. The molecule has 2 aromatic rings. The standard InChI is InChI=1S/C17H26N4OS/c1-19(6-5-15-12-18-20(2)13-15)14-16(17-4-3-11-23-17)21-7-9-22-10-8-21/h3-4,11-13,16H,5-10,14H2,1-2H3/t16-/m1/s1. The Morgan fingerprint density at radius 2 is 2.22 bits per heavy atom. The molecule has 0 aliphatic carbocycles. The number of morpholine rings is 1. The van der Waals surface area contributed by atoms with Crippen LogP contribution in [0.3, 0.4) is 0 Å². The fraction of sp³-hybridized carbons (Fsp3) is 0.588. The first kappa shape index (κ1) is 16.6. The highest BCUT2D eigenvalue weighted by Crippen LogP contribution is 2.26. The van der Waals surface area contributed by atoms with Crippen LogP contribution in [-0.4, -0.2) is 66.0 Å². The van der Waals surface area contributed by atoms with E-state index >= 15 is 0 Å². The van der Waals surface area contributed by atoms with Crippen molar-refractivity contribution in [1.82, 2.24) is 19.6 Å². The van der Waals surface area contributed by atoms with Crippen molar-refractivity contribution in [3.63, 3.8) is 0 Å². The SMILES string of the molecule is CN(CCc1cnn(C)c1)C[C@H](c1cccs1)N1CCOCC1. The summed E-state index contributed by atoms with van der Waals surface area (Å²) in [7, 11) is 4.19. The Morgan fingerprint density at radius 1 is 1.39 bits per heavy atom. The van der Waals surface area contributed by atoms with Gasteiger partial charge in [-0.3, -0.25) is 9.58 Å². The second-order valence-corrected chi connectivity index (χ2v) is 7.19. The zero-order chi connectivity index (χ0) is 16.1. The topological polar surface area (TPSA) is 33.5 Å². The molecule has 0 bridgehead atoms. The van der Waals surface area contributed by atoms with Crippen LogP contribution in [0.5, 0.6) is 0 Å². The van der Waals surface area contributed by atoms with Crippen LogP contribution in [0, 0.1) is 0 Å². The maximum absolute atomic E-state index is 5.52. The number of ether oxygens (including phenoxy) is 1. The molecule has 1 fully saturated rings. The average Bonchev–Trinajstić information content (AvgIpc) is 3.23. The monoisotopic (exact) mass is 334 g/mol. The highest BCUT2D eigenvalue weighted by molar-refractivity contribution is 7.10. The molecule has 1 atom stereocenters. The van der Waals surface area contributed by atoms with Crippen LogP contribution in [-0.2, 0) is 18.2 Å². The Morgan fingerprint density at radius 3 is 2.87 bits per heavy atom. The van der Waals surface area contributed by atoms with E-state index in [1.807, 2.05) is 29.3 Å². The molecule has 1 aliphatic heterocycles. The molecular weight excluding hydrogens is 308 g/mol. The molecule has 0 unspecified atom stereocenters. The van der Waals surface area contributed by atoms with Gasteiger partial charge in [0, 0.05) is 44.3 Å². The van der Waals surface area contributed by atoms with Crippen molar-refractivity contribution in [2.24, 2.45) is 7.05 Å². The van der Waals surface area contributed by atoms with Gasteiger partial charge < -0.3 is 9.64 Å². The van der Waals surface area contributed by atoms with E-state index in [-0.39, 0.29) is 0 Å². The van der Waals surface area contributed by atoms with Crippen LogP contribution in [0.15, 0.2) is 29.9 Å². The summed E-state index contributed by atoms with van der Waals surface area (Å²) >= 11 is 1.86. The summed E-state index contributed by atoms with van der Waals surface area (Å²) in [4.78, 5) is 6.46. The van der Waals surface area contributed by atoms with E-state index in [1.165, 1.54) is 10.4 Å². The van der Waals surface area contributed by atoms with E-state index < -0.39 is 0 Å². The molecule has 0 amide bonds. The minimum atomic E-state index is 0.470. The molecule has 126 valence electrons. The molecule has 23 heavy (non-hydrogen) atoms. The number of likely N-dealkylation sites (N-methyl/N-ethyl adjacent to an activating group) is 1. The van der Waals surface area contributed by atoms with E-state index in [9.17, 15) is 0 Å². The maximum Gasteiger partial charge on any atom is 0.0594 e. The Hall–Kier alpha value is -1.21. The summed E-state index contributed by atoms with van der Waals surface area (Å²) < 4.78 is 7.39. The summed E-state index contributed by atoms with van der Waals surface area (Å²) in [5, 5.41) is 6.43. The zero-order valence-electron chi connectivity index (χ0n) is 14.0. The molecule has 0 aromatic carbocycles. The van der Waals surface area contributed by atoms with E-state index in [0.717, 1.165) is 45.8 Å². The summed E-state index contributed by atoms with van der Waals surface area (Å²) in [6.45, 7) is 5.86. The fourth-order valence-corrected chi connectivity index (χ4v) is 3.91. The fourth-order valence-electron chi connectivity index (χ4n) is 3.06. The molecule has 6 heteroatoms. The molecule has 0 saturated carbocycles. The molecule has 5 nitrogen and oxygen atoms in total. The van der Waals surface area contributed by atoms with Crippen molar-refractivity contribution in [1.29, 1.82) is 0 Å². The molecule has 1 saturated heterocycles. The predicted molar refractivity (Wildman–Crippen MR) is 93.9 cm³/mol. The minimum Gasteiger partial charge on any atom is -0.379 e. The first-order chi connectivity index (χ1) is 11.2. The van der Waals surface area contributed by atoms with Crippen LogP contribution < -0.4 is 0 Å². The molecule has 2 aromatic heterocycles. The zero-order valence-corrected chi connectivity index (χ0v) is 14.8. The van der Waals surface area contributed by atoms with Gasteiger partial charge in [0.1, 0.15) is 0 Å². The van der Waals surface area contributed by atoms with E-state index in [4.69, 9.17) is 4.74 Å². The van der Waals surface area contributed by atoms with Gasteiger partial charge in [0.25, 0.3) is 0 Å². The molecule has 0 spiro atoms. The lowest BCUT2D eigenvalue weighted by atomic mass is 10.1. The number of aryl methyl sites for hydroxylation is 1. The van der Waals surface area contributed by atoms with Gasteiger partial charge >= 0.3 is 0 Å². The van der Waals surface area contributed by atoms with Gasteiger partial charge in [0.05, 0.1) is 25.5 Å². The van der Waals surface area contributed by atoms with Crippen molar-refractivity contribution in [3.05, 3.63) is 40.3 Å². The number of nitrogens with zero attached hydrogens (tertiary/aromatic N) is 4. The number of aromatic nitrogens is 2. The van der Waals surface area contributed by atoms with Gasteiger partial charge in [-0.1, -0.05) is 6.07 Å². The largest absolute Gasteiger partial charge is 0.379 e. The molecule has 0 N–H and O–H groups in total. The number of thiophene rings is 1. The summed E-state index contributed by atoms with van der Waals surface area (Å²) in [6.07, 6.45) is 5.11. The third kappa shape index (κ3) is 4.64. The van der Waals surface area contributed by atoms with Crippen molar-refractivity contribution < 1.29 is 4.74 Å². The van der Waals surface area contributed by atoms with Gasteiger partial charge in [0.15, 0.2) is 0 Å². The number of hydrogen-bond acceptors (Lipinski definition) is 5. The van der Waals surface area contributed by atoms with Crippen LogP contribution in [0.25, 0.3) is 0 Å². The number of hydrogen-bond donors (Lipinski definition) is 0. The van der Waals surface area contributed by atoms with Crippen LogP contribution in [0.1, 0.15) is 16.5 Å². The quantitative estimate of drug-likeness (QED) is 0.776. The Kier molecular flexibility index (Phi) is 5.83. The van der Waals surface area contributed by atoms with Gasteiger partial charge in [-0.2, -0.15) is 5.10 Å². The van der Waals surface area contributed by atoms with Gasteiger partial charge in [-0.05, 0) is 30.5 Å². The first-order valence-electron chi connectivity index (χ1n) is 8.23. The average molecular weight is 334 g/mol. The van der Waals surface area contributed by atoms with Crippen molar-refractivity contribution in [2.75, 3.05) is 46.4 Å². The molecule has 3 heterocycles. The summed E-state index contributed by atoms with van der Waals surface area (Å²) in [5.74, 6) is 0. The van der Waals surface area contributed by atoms with Gasteiger partial charge in [-0.25, -0.2) is 0 Å². The van der Waals surface area contributed by atoms with E-state index in [0.29, 0.717) is 6.04 Å². The summed E-state index contributed by atoms with van der Waals surface area (Å²) in [6, 6.07) is 4.89. The van der Waals surface area contributed by atoms with Crippen molar-refractivity contribution in [2.45, 2.75) is 12.5 Å². The predicted octanol–water partition coefficient (Wildman–Crippen LogP) is 2.03. The lowest BCUT2D eigenvalue weighted by Crippen LogP contribution is -2.43. The normalized spacial score (nSPS) is 17.7. The van der Waals surface area contributed by atoms with Gasteiger partial charge in [0.2, 0.25) is 0 Å². The van der Waals surface area contributed by atoms with Crippen LogP contribution in [0.2, 0.25) is 0 Å². The highest BCUT2D eigenvalue weighted by Gasteiger charge is 2.24. The van der Waals surface area contributed by atoms with Crippen LogP contribution >= 0.6 is 11.3 Å². The number of rotatable bonds is 7. The third-order valence-electron chi connectivity index (χ3n) is 4.38. The first-order valence-corrected chi connectivity index (χ1v) is 9.11. The highest BCUT2D eigenvalue weighted by atomic mass is 32.1. The second kappa shape index (κ2) is 8.06. The van der Waals surface area contributed by atoms with E-state index in [1.54, 1.807) is 0 Å². The lowest BCUT2D eigenvalue weighted by molar-refractivity contribution is 0.0102. The van der Waals surface area contributed by atoms with Crippen molar-refractivity contribution >= 4 is 11.3 Å². The lowest BCUT2D eigenvalue weighted by Gasteiger charge is -2.36. The molecule has 3 rings (SSSR count). The van der Waals surface area contributed by atoms with Gasteiger partial charge in [-0.15, -0.1) is 11.3 Å². The second-order valence-electron chi connectivity index (χ2n) is 6.21. The Labute approximate surface area is 142 Å². The Balaban J connectivity index is 1.58. The van der Waals surface area contributed by atoms with E-state index in [2.05, 4.69) is 45.7 Å². The van der Waals surface area contributed by atoms with Crippen molar-refractivity contribution in [3.8, 4) is 0 Å². The maximum atomic E-state index is 5.52. The molecule has 1 aliphatic rings. The smallest absolute Gasteiger partial charge is 0.0594 e. The Bertz CT molecular complexity index is 577. The molecule has 0 radical (unpaired) electrons.